The van der Waals surface area contributed by atoms with Gasteiger partial charge < -0.3 is 10.2 Å². The van der Waals surface area contributed by atoms with Gasteiger partial charge in [-0.2, -0.15) is 0 Å². The van der Waals surface area contributed by atoms with Crippen molar-refractivity contribution in [2.45, 2.75) is 32.2 Å². The molecule has 1 saturated carbocycles. The molecule has 2 rings (SSSR count). The zero-order valence-corrected chi connectivity index (χ0v) is 13.9. The number of nitrogens with one attached hydrogen (secondary N) is 1. The Morgan fingerprint density at radius 1 is 1.29 bits per heavy atom. The summed E-state index contributed by atoms with van der Waals surface area (Å²) in [6, 6.07) is 7.95. The van der Waals surface area contributed by atoms with Gasteiger partial charge in [0.05, 0.1) is 0 Å². The molecule has 0 aliphatic heterocycles. The number of rotatable bonds is 7. The van der Waals surface area contributed by atoms with Gasteiger partial charge in [0.15, 0.2) is 0 Å². The molecule has 0 heterocycles. The minimum absolute atomic E-state index is 0.110. The summed E-state index contributed by atoms with van der Waals surface area (Å²) >= 11 is 3.39. The predicted octanol–water partition coefficient (Wildman–Crippen LogP) is 2.71. The van der Waals surface area contributed by atoms with E-state index in [0.717, 1.165) is 22.9 Å². The average molecular weight is 353 g/mol. The van der Waals surface area contributed by atoms with Crippen LogP contribution in [0.3, 0.4) is 0 Å². The fraction of sp³-hybridized carbons (Fsp3) is 0.500. The van der Waals surface area contributed by atoms with Crippen LogP contribution in [0.1, 0.15) is 31.2 Å². The lowest BCUT2D eigenvalue weighted by Gasteiger charge is -2.17. The monoisotopic (exact) mass is 352 g/mol. The van der Waals surface area contributed by atoms with Gasteiger partial charge in [0.25, 0.3) is 0 Å². The Kier molecular flexibility index (Phi) is 5.79. The summed E-state index contributed by atoms with van der Waals surface area (Å²) in [7, 11) is 1.81. The molecule has 0 unspecified atom stereocenters. The van der Waals surface area contributed by atoms with E-state index in [1.54, 1.807) is 4.90 Å². The Labute approximate surface area is 134 Å². The standard InChI is InChI=1S/C16H21BrN2O2/c1-19(11-12-4-8-14(17)9-5-12)15(20)3-2-10-18-16(21)13-6-7-13/h4-5,8-9,13H,2-3,6-7,10-11H2,1H3,(H,18,21). The molecular formula is C16H21BrN2O2. The summed E-state index contributed by atoms with van der Waals surface area (Å²) < 4.78 is 1.03. The van der Waals surface area contributed by atoms with Crippen LogP contribution in [0.15, 0.2) is 28.7 Å². The fourth-order valence-corrected chi connectivity index (χ4v) is 2.35. The van der Waals surface area contributed by atoms with Crippen LogP contribution in [0, 0.1) is 5.92 Å². The van der Waals surface area contributed by atoms with Crippen molar-refractivity contribution >= 4 is 27.7 Å². The normalized spacial score (nSPS) is 13.8. The second-order valence-corrected chi connectivity index (χ2v) is 6.46. The van der Waals surface area contributed by atoms with E-state index in [-0.39, 0.29) is 17.7 Å². The van der Waals surface area contributed by atoms with Gasteiger partial charge in [-0.1, -0.05) is 28.1 Å². The van der Waals surface area contributed by atoms with Crippen molar-refractivity contribution in [2.75, 3.05) is 13.6 Å². The van der Waals surface area contributed by atoms with Gasteiger partial charge in [-0.05, 0) is 37.0 Å². The molecule has 0 aromatic heterocycles. The molecular weight excluding hydrogens is 332 g/mol. The molecule has 0 radical (unpaired) electrons. The zero-order valence-electron chi connectivity index (χ0n) is 12.3. The van der Waals surface area contributed by atoms with Gasteiger partial charge in [-0.25, -0.2) is 0 Å². The molecule has 1 fully saturated rings. The van der Waals surface area contributed by atoms with E-state index < -0.39 is 0 Å². The van der Waals surface area contributed by atoms with Crippen molar-refractivity contribution in [1.82, 2.24) is 10.2 Å². The van der Waals surface area contributed by atoms with Crippen molar-refractivity contribution in [3.63, 3.8) is 0 Å². The first-order valence-corrected chi connectivity index (χ1v) is 8.11. The second kappa shape index (κ2) is 7.59. The van der Waals surface area contributed by atoms with Crippen LogP contribution in [0.2, 0.25) is 0 Å². The topological polar surface area (TPSA) is 49.4 Å². The van der Waals surface area contributed by atoms with Gasteiger partial charge in [0.1, 0.15) is 0 Å². The largest absolute Gasteiger partial charge is 0.356 e. The zero-order chi connectivity index (χ0) is 15.2. The summed E-state index contributed by atoms with van der Waals surface area (Å²) in [6.45, 7) is 1.20. The van der Waals surface area contributed by atoms with E-state index in [2.05, 4.69) is 21.2 Å². The Balaban J connectivity index is 1.64. The molecule has 5 heteroatoms. The third-order valence-electron chi connectivity index (χ3n) is 3.57. The lowest BCUT2D eigenvalue weighted by Crippen LogP contribution is -2.29. The SMILES string of the molecule is CN(Cc1ccc(Br)cc1)C(=O)CCCNC(=O)C1CC1. The molecule has 1 aromatic carbocycles. The molecule has 1 aromatic rings. The molecule has 1 N–H and O–H groups in total. The van der Waals surface area contributed by atoms with Crippen LogP contribution in [-0.2, 0) is 16.1 Å². The van der Waals surface area contributed by atoms with Crippen LogP contribution >= 0.6 is 15.9 Å². The minimum atomic E-state index is 0.110. The van der Waals surface area contributed by atoms with Gasteiger partial charge in [0, 0.05) is 36.9 Å². The summed E-state index contributed by atoms with van der Waals surface area (Å²) in [5, 5.41) is 2.88. The Morgan fingerprint density at radius 3 is 2.57 bits per heavy atom. The fourth-order valence-electron chi connectivity index (χ4n) is 2.08. The van der Waals surface area contributed by atoms with E-state index in [9.17, 15) is 9.59 Å². The van der Waals surface area contributed by atoms with Crippen molar-refractivity contribution in [3.8, 4) is 0 Å². The van der Waals surface area contributed by atoms with E-state index in [1.807, 2.05) is 31.3 Å². The van der Waals surface area contributed by atoms with E-state index >= 15 is 0 Å². The third-order valence-corrected chi connectivity index (χ3v) is 4.10. The Hall–Kier alpha value is -1.36. The van der Waals surface area contributed by atoms with Crippen molar-refractivity contribution in [3.05, 3.63) is 34.3 Å². The molecule has 4 nitrogen and oxygen atoms in total. The number of hydrogen-bond acceptors (Lipinski definition) is 2. The van der Waals surface area contributed by atoms with E-state index in [0.29, 0.717) is 25.9 Å². The first-order valence-electron chi connectivity index (χ1n) is 7.32. The lowest BCUT2D eigenvalue weighted by atomic mass is 10.2. The first-order chi connectivity index (χ1) is 10.1. The molecule has 114 valence electrons. The number of hydrogen-bond donors (Lipinski definition) is 1. The highest BCUT2D eigenvalue weighted by atomic mass is 79.9. The maximum absolute atomic E-state index is 12.0. The summed E-state index contributed by atoms with van der Waals surface area (Å²) in [6.07, 6.45) is 3.20. The number of benzene rings is 1. The Bertz CT molecular complexity index is 498. The van der Waals surface area contributed by atoms with Crippen LogP contribution in [0.4, 0.5) is 0 Å². The smallest absolute Gasteiger partial charge is 0.223 e. The summed E-state index contributed by atoms with van der Waals surface area (Å²) in [5.74, 6) is 0.491. The third kappa shape index (κ3) is 5.50. The molecule has 0 bridgehead atoms. The number of amides is 2. The maximum atomic E-state index is 12.0. The minimum Gasteiger partial charge on any atom is -0.356 e. The van der Waals surface area contributed by atoms with Gasteiger partial charge in [-0.3, -0.25) is 9.59 Å². The van der Waals surface area contributed by atoms with E-state index in [1.165, 1.54) is 0 Å². The average Bonchev–Trinajstić information content (AvgIpc) is 3.30. The lowest BCUT2D eigenvalue weighted by molar-refractivity contribution is -0.130. The molecule has 0 saturated heterocycles. The second-order valence-electron chi connectivity index (χ2n) is 5.55. The molecule has 21 heavy (non-hydrogen) atoms. The highest BCUT2D eigenvalue weighted by Crippen LogP contribution is 2.28. The summed E-state index contributed by atoms with van der Waals surface area (Å²) in [5.41, 5.74) is 1.11. The number of carbonyl (C=O) groups excluding carboxylic acids is 2. The molecule has 1 aliphatic carbocycles. The highest BCUT2D eigenvalue weighted by Gasteiger charge is 2.29. The number of nitrogens with zero attached hydrogens (tertiary/aromatic N) is 1. The first kappa shape index (κ1) is 16.0. The van der Waals surface area contributed by atoms with Crippen molar-refractivity contribution in [2.24, 2.45) is 5.92 Å². The summed E-state index contributed by atoms with van der Waals surface area (Å²) in [4.78, 5) is 25.2. The maximum Gasteiger partial charge on any atom is 0.223 e. The van der Waals surface area contributed by atoms with Crippen LogP contribution in [0.5, 0.6) is 0 Å². The quantitative estimate of drug-likeness (QED) is 0.767. The van der Waals surface area contributed by atoms with E-state index in [4.69, 9.17) is 0 Å². The number of carbonyl (C=O) groups is 2. The van der Waals surface area contributed by atoms with Crippen LogP contribution < -0.4 is 5.32 Å². The van der Waals surface area contributed by atoms with Crippen LogP contribution in [-0.4, -0.2) is 30.3 Å². The van der Waals surface area contributed by atoms with Gasteiger partial charge >= 0.3 is 0 Å². The highest BCUT2D eigenvalue weighted by molar-refractivity contribution is 9.10. The van der Waals surface area contributed by atoms with Crippen LogP contribution in [0.25, 0.3) is 0 Å². The van der Waals surface area contributed by atoms with Gasteiger partial charge in [-0.15, -0.1) is 0 Å². The molecule has 0 atom stereocenters. The predicted molar refractivity (Wildman–Crippen MR) is 85.6 cm³/mol. The number of halogens is 1. The molecule has 0 spiro atoms. The van der Waals surface area contributed by atoms with Gasteiger partial charge in [0.2, 0.25) is 11.8 Å². The Morgan fingerprint density at radius 2 is 1.95 bits per heavy atom. The van der Waals surface area contributed by atoms with Crippen molar-refractivity contribution < 1.29 is 9.59 Å². The van der Waals surface area contributed by atoms with Crippen molar-refractivity contribution in [1.29, 1.82) is 0 Å². The molecule has 1 aliphatic rings. The molecule has 2 amide bonds.